The number of benzene rings is 1. The first-order chi connectivity index (χ1) is 9.54. The van der Waals surface area contributed by atoms with E-state index in [9.17, 15) is 10.1 Å². The molecule has 1 heterocycles. The first-order valence-corrected chi connectivity index (χ1v) is 6.94. The van der Waals surface area contributed by atoms with Crippen LogP contribution in [-0.4, -0.2) is 48.9 Å². The highest BCUT2D eigenvalue weighted by molar-refractivity contribution is 5.86. The Balaban J connectivity index is 2.14. The summed E-state index contributed by atoms with van der Waals surface area (Å²) < 4.78 is 0. The van der Waals surface area contributed by atoms with E-state index in [0.29, 0.717) is 18.5 Å². The third-order valence-electron chi connectivity index (χ3n) is 4.06. The Labute approximate surface area is 120 Å². The van der Waals surface area contributed by atoms with E-state index in [2.05, 4.69) is 17.9 Å². The molecule has 0 spiro atoms. The molecule has 0 bridgehead atoms. The summed E-state index contributed by atoms with van der Waals surface area (Å²) in [6, 6.07) is 11.8. The van der Waals surface area contributed by atoms with Crippen LogP contribution in [0.5, 0.6) is 0 Å². The van der Waals surface area contributed by atoms with Gasteiger partial charge < -0.3 is 9.80 Å². The van der Waals surface area contributed by atoms with E-state index in [1.54, 1.807) is 0 Å². The molecule has 1 saturated heterocycles. The van der Waals surface area contributed by atoms with Gasteiger partial charge in [0.2, 0.25) is 5.91 Å². The van der Waals surface area contributed by atoms with Gasteiger partial charge in [-0.1, -0.05) is 37.3 Å². The lowest BCUT2D eigenvalue weighted by atomic mass is 9.99. The van der Waals surface area contributed by atoms with Crippen LogP contribution < -0.4 is 0 Å². The zero-order chi connectivity index (χ0) is 14.7. The van der Waals surface area contributed by atoms with E-state index in [1.165, 1.54) is 0 Å². The SMILES string of the molecule is CC1CN(C(=O)C(C#N)c2ccccc2)CC1N(C)C. The normalized spacial score (nSPS) is 23.6. The van der Waals surface area contributed by atoms with Crippen LogP contribution in [0, 0.1) is 17.2 Å². The number of carbonyl (C=O) groups excluding carboxylic acids is 1. The molecular weight excluding hydrogens is 250 g/mol. The molecule has 0 aliphatic carbocycles. The monoisotopic (exact) mass is 271 g/mol. The van der Waals surface area contributed by atoms with Crippen molar-refractivity contribution in [1.82, 2.24) is 9.80 Å². The van der Waals surface area contributed by atoms with Gasteiger partial charge in [-0.2, -0.15) is 5.26 Å². The molecule has 0 aromatic heterocycles. The molecule has 1 amide bonds. The first-order valence-electron chi connectivity index (χ1n) is 6.94. The Morgan fingerprint density at radius 1 is 1.35 bits per heavy atom. The molecule has 1 fully saturated rings. The topological polar surface area (TPSA) is 47.3 Å². The molecule has 2 rings (SSSR count). The molecule has 1 aromatic rings. The summed E-state index contributed by atoms with van der Waals surface area (Å²) in [5, 5.41) is 9.34. The van der Waals surface area contributed by atoms with Gasteiger partial charge in [0, 0.05) is 19.1 Å². The minimum absolute atomic E-state index is 0.0742. The number of hydrogen-bond acceptors (Lipinski definition) is 3. The maximum atomic E-state index is 12.6. The van der Waals surface area contributed by atoms with Gasteiger partial charge >= 0.3 is 0 Å². The lowest BCUT2D eigenvalue weighted by Gasteiger charge is -2.23. The second kappa shape index (κ2) is 6.06. The molecule has 1 aliphatic heterocycles. The largest absolute Gasteiger partial charge is 0.339 e. The predicted octanol–water partition coefficient (Wildman–Crippen LogP) is 1.70. The van der Waals surface area contributed by atoms with Crippen molar-refractivity contribution >= 4 is 5.91 Å². The van der Waals surface area contributed by atoms with Crippen LogP contribution in [0.1, 0.15) is 18.4 Å². The third-order valence-corrected chi connectivity index (χ3v) is 4.06. The quantitative estimate of drug-likeness (QED) is 0.840. The number of nitriles is 1. The lowest BCUT2D eigenvalue weighted by Crippen LogP contribution is -2.37. The van der Waals surface area contributed by atoms with Crippen LogP contribution >= 0.6 is 0 Å². The number of nitrogens with zero attached hydrogens (tertiary/aromatic N) is 3. The van der Waals surface area contributed by atoms with Crippen molar-refractivity contribution in [3.05, 3.63) is 35.9 Å². The molecule has 3 atom stereocenters. The molecule has 3 unspecified atom stereocenters. The number of carbonyl (C=O) groups is 1. The van der Waals surface area contributed by atoms with Crippen LogP contribution in [0.3, 0.4) is 0 Å². The second-order valence-corrected chi connectivity index (χ2v) is 5.72. The van der Waals surface area contributed by atoms with Crippen molar-refractivity contribution in [1.29, 1.82) is 5.26 Å². The minimum atomic E-state index is -0.690. The summed E-state index contributed by atoms with van der Waals surface area (Å²) in [5.41, 5.74) is 0.779. The van der Waals surface area contributed by atoms with E-state index in [1.807, 2.05) is 49.3 Å². The summed E-state index contributed by atoms with van der Waals surface area (Å²) in [6.45, 7) is 3.59. The van der Waals surface area contributed by atoms with E-state index in [0.717, 1.165) is 12.1 Å². The summed E-state index contributed by atoms with van der Waals surface area (Å²) in [4.78, 5) is 16.6. The average molecular weight is 271 g/mol. The molecule has 1 aromatic carbocycles. The standard InChI is InChI=1S/C16H21N3O/c1-12-10-19(11-15(12)18(2)3)16(20)14(9-17)13-7-5-4-6-8-13/h4-8,12,14-15H,10-11H2,1-3H3. The van der Waals surface area contributed by atoms with Gasteiger partial charge in [-0.15, -0.1) is 0 Å². The van der Waals surface area contributed by atoms with Gasteiger partial charge in [0.15, 0.2) is 0 Å². The second-order valence-electron chi connectivity index (χ2n) is 5.72. The molecule has 4 heteroatoms. The minimum Gasteiger partial charge on any atom is -0.339 e. The van der Waals surface area contributed by atoms with Gasteiger partial charge in [0.05, 0.1) is 6.07 Å². The third kappa shape index (κ3) is 2.83. The molecule has 4 nitrogen and oxygen atoms in total. The predicted molar refractivity (Wildman–Crippen MR) is 78.0 cm³/mol. The van der Waals surface area contributed by atoms with Crippen molar-refractivity contribution < 1.29 is 4.79 Å². The van der Waals surface area contributed by atoms with Crippen LogP contribution in [0.4, 0.5) is 0 Å². The van der Waals surface area contributed by atoms with Crippen molar-refractivity contribution in [3.8, 4) is 6.07 Å². The van der Waals surface area contributed by atoms with Crippen molar-refractivity contribution in [3.63, 3.8) is 0 Å². The fourth-order valence-corrected chi connectivity index (χ4v) is 2.90. The summed E-state index contributed by atoms with van der Waals surface area (Å²) in [5.74, 6) is -0.330. The lowest BCUT2D eigenvalue weighted by molar-refractivity contribution is -0.130. The van der Waals surface area contributed by atoms with Crippen molar-refractivity contribution in [2.45, 2.75) is 18.9 Å². The van der Waals surface area contributed by atoms with Gasteiger partial charge in [-0.3, -0.25) is 4.79 Å². The highest BCUT2D eigenvalue weighted by Crippen LogP contribution is 2.25. The van der Waals surface area contributed by atoms with Crippen LogP contribution in [0.15, 0.2) is 30.3 Å². The van der Waals surface area contributed by atoms with Crippen LogP contribution in [0.2, 0.25) is 0 Å². The van der Waals surface area contributed by atoms with Gasteiger partial charge in [-0.25, -0.2) is 0 Å². The molecular formula is C16H21N3O. The van der Waals surface area contributed by atoms with Crippen LogP contribution in [-0.2, 0) is 4.79 Å². The molecule has 0 N–H and O–H groups in total. The fraction of sp³-hybridized carbons (Fsp3) is 0.500. The Morgan fingerprint density at radius 2 is 2.00 bits per heavy atom. The highest BCUT2D eigenvalue weighted by atomic mass is 16.2. The number of rotatable bonds is 3. The summed E-state index contributed by atoms with van der Waals surface area (Å²) >= 11 is 0. The Morgan fingerprint density at radius 3 is 2.50 bits per heavy atom. The van der Waals surface area contributed by atoms with E-state index < -0.39 is 5.92 Å². The molecule has 20 heavy (non-hydrogen) atoms. The zero-order valence-electron chi connectivity index (χ0n) is 12.3. The first kappa shape index (κ1) is 14.5. The molecule has 0 saturated carbocycles. The number of likely N-dealkylation sites (tertiary alicyclic amines) is 1. The van der Waals surface area contributed by atoms with Crippen molar-refractivity contribution in [2.75, 3.05) is 27.2 Å². The zero-order valence-corrected chi connectivity index (χ0v) is 12.3. The summed E-state index contributed by atoms with van der Waals surface area (Å²) in [6.07, 6.45) is 0. The number of amides is 1. The molecule has 106 valence electrons. The number of likely N-dealkylation sites (N-methyl/N-ethyl adjacent to an activating group) is 1. The van der Waals surface area contributed by atoms with Crippen molar-refractivity contribution in [2.24, 2.45) is 5.92 Å². The van der Waals surface area contributed by atoms with Crippen LogP contribution in [0.25, 0.3) is 0 Å². The molecule has 1 aliphatic rings. The highest BCUT2D eigenvalue weighted by Gasteiger charge is 2.36. The van der Waals surface area contributed by atoms with Gasteiger partial charge in [0.1, 0.15) is 5.92 Å². The van der Waals surface area contributed by atoms with E-state index in [-0.39, 0.29) is 5.91 Å². The fourth-order valence-electron chi connectivity index (χ4n) is 2.90. The summed E-state index contributed by atoms with van der Waals surface area (Å²) in [7, 11) is 4.07. The van der Waals surface area contributed by atoms with E-state index in [4.69, 9.17) is 0 Å². The Hall–Kier alpha value is -1.86. The Kier molecular flexibility index (Phi) is 4.41. The maximum Gasteiger partial charge on any atom is 0.244 e. The smallest absolute Gasteiger partial charge is 0.244 e. The molecule has 0 radical (unpaired) electrons. The average Bonchev–Trinajstić information content (AvgIpc) is 2.83. The van der Waals surface area contributed by atoms with Gasteiger partial charge in [-0.05, 0) is 25.6 Å². The van der Waals surface area contributed by atoms with Gasteiger partial charge in [0.25, 0.3) is 0 Å². The maximum absolute atomic E-state index is 12.6. The Bertz CT molecular complexity index is 506. The number of hydrogen-bond donors (Lipinski definition) is 0. The van der Waals surface area contributed by atoms with E-state index >= 15 is 0 Å².